The molecule has 0 aliphatic rings. The first-order chi connectivity index (χ1) is 12.7. The summed E-state index contributed by atoms with van der Waals surface area (Å²) in [5.74, 6) is -5.67. The molecule has 1 N–H and O–H groups in total. The maximum Gasteiger partial charge on any atom is 0.256 e. The number of hydrogen-bond donors (Lipinski definition) is 1. The van der Waals surface area contributed by atoms with Gasteiger partial charge in [0.25, 0.3) is 5.91 Å². The highest BCUT2D eigenvalue weighted by molar-refractivity contribution is 6.19. The fraction of sp³-hybridized carbons (Fsp3) is 0.412. The van der Waals surface area contributed by atoms with Crippen molar-refractivity contribution in [3.05, 3.63) is 46.9 Å². The van der Waals surface area contributed by atoms with Crippen molar-refractivity contribution in [2.24, 2.45) is 0 Å². The van der Waals surface area contributed by atoms with E-state index in [-0.39, 0.29) is 6.54 Å². The summed E-state index contributed by atoms with van der Waals surface area (Å²) >= 11 is 0. The Morgan fingerprint density at radius 1 is 1.19 bits per heavy atom. The molecule has 0 saturated carbocycles. The second-order valence-electron chi connectivity index (χ2n) is 5.47. The molecule has 0 spiro atoms. The number of ketones is 1. The van der Waals surface area contributed by atoms with Gasteiger partial charge in [-0.3, -0.25) is 9.59 Å². The van der Waals surface area contributed by atoms with Crippen LogP contribution >= 0.6 is 0 Å². The lowest BCUT2D eigenvalue weighted by Crippen LogP contribution is -2.33. The quantitative estimate of drug-likeness (QED) is 0.216. The van der Waals surface area contributed by atoms with Crippen LogP contribution in [-0.2, 0) is 25.6 Å². The zero-order chi connectivity index (χ0) is 20.6. The van der Waals surface area contributed by atoms with E-state index in [1.807, 2.05) is 0 Å². The van der Waals surface area contributed by atoms with Gasteiger partial charge in [-0.15, -0.1) is 0 Å². The molecule has 1 amide bonds. The molecule has 0 atom stereocenters. The molecule has 0 radical (unpaired) electrons. The van der Waals surface area contributed by atoms with Crippen molar-refractivity contribution >= 4 is 11.7 Å². The molecule has 1 aromatic carbocycles. The van der Waals surface area contributed by atoms with Crippen LogP contribution < -0.4 is 5.32 Å². The monoisotopic (exact) mass is 392 g/mol. The number of nitrogens with zero attached hydrogens (tertiary/aromatic N) is 1. The fourth-order valence-corrected chi connectivity index (χ4v) is 2.09. The molecular formula is C17H20F4N2O4. The highest BCUT2D eigenvalue weighted by atomic mass is 19.1. The minimum absolute atomic E-state index is 0.116. The number of halogens is 4. The largest absolute Gasteiger partial charge is 0.375 e. The molecule has 0 bridgehead atoms. The Morgan fingerprint density at radius 2 is 1.74 bits per heavy atom. The van der Waals surface area contributed by atoms with E-state index < -0.39 is 59.8 Å². The van der Waals surface area contributed by atoms with Crippen LogP contribution in [0.25, 0.3) is 0 Å². The zero-order valence-electron chi connectivity index (χ0n) is 15.0. The highest BCUT2D eigenvalue weighted by Crippen LogP contribution is 2.15. The predicted molar refractivity (Wildman–Crippen MR) is 87.7 cm³/mol. The van der Waals surface area contributed by atoms with Crippen molar-refractivity contribution in [2.75, 3.05) is 34.5 Å². The summed E-state index contributed by atoms with van der Waals surface area (Å²) in [6.07, 6.45) is 0.401. The summed E-state index contributed by atoms with van der Waals surface area (Å²) in [6.45, 7) is -1.98. The Balaban J connectivity index is 2.93. The van der Waals surface area contributed by atoms with Crippen LogP contribution in [0.5, 0.6) is 0 Å². The van der Waals surface area contributed by atoms with Crippen molar-refractivity contribution in [1.29, 1.82) is 0 Å². The number of ether oxygens (including phenoxy) is 2. The molecule has 0 aromatic heterocycles. The molecule has 1 aromatic rings. The molecule has 10 heteroatoms. The Morgan fingerprint density at radius 3 is 2.22 bits per heavy atom. The van der Waals surface area contributed by atoms with E-state index in [4.69, 9.17) is 9.47 Å². The van der Waals surface area contributed by atoms with Crippen LogP contribution in [-0.4, -0.2) is 57.4 Å². The summed E-state index contributed by atoms with van der Waals surface area (Å²) in [6, 6.07) is 0.912. The van der Waals surface area contributed by atoms with Crippen LogP contribution in [0.2, 0.25) is 0 Å². The standard InChI is InChI=1S/C17H20F4N2O4/c1-23(9-16(26-2)27-3)8-12(15(24)6-18)17(25)22-7-11-13(20)4-10(19)5-14(11)21/h4-5,8,16H,6-7,9H2,1-3H3,(H,22,25)/b12-8+. The molecule has 0 unspecified atom stereocenters. The van der Waals surface area contributed by atoms with Crippen LogP contribution in [0.4, 0.5) is 17.6 Å². The number of rotatable bonds is 10. The molecule has 150 valence electrons. The van der Waals surface area contributed by atoms with Gasteiger partial charge in [0.2, 0.25) is 5.78 Å². The van der Waals surface area contributed by atoms with E-state index in [1.54, 1.807) is 0 Å². The minimum Gasteiger partial charge on any atom is -0.375 e. The maximum atomic E-state index is 13.6. The SMILES string of the molecule is COC(CN(C)/C=C(\C(=O)CF)C(=O)NCc1c(F)cc(F)cc1F)OC. The number of carbonyl (C=O) groups excluding carboxylic acids is 2. The van der Waals surface area contributed by atoms with Crippen LogP contribution in [0.15, 0.2) is 23.9 Å². The maximum absolute atomic E-state index is 13.6. The molecule has 0 aliphatic heterocycles. The molecule has 0 aliphatic carbocycles. The molecular weight excluding hydrogens is 372 g/mol. The number of amides is 1. The summed E-state index contributed by atoms with van der Waals surface area (Å²) in [4.78, 5) is 25.3. The average Bonchev–Trinajstić information content (AvgIpc) is 2.62. The van der Waals surface area contributed by atoms with Gasteiger partial charge in [-0.1, -0.05) is 0 Å². The topological polar surface area (TPSA) is 67.9 Å². The Kier molecular flexibility index (Phi) is 8.89. The Bertz CT molecular complexity index is 685. The van der Waals surface area contributed by atoms with Gasteiger partial charge >= 0.3 is 0 Å². The van der Waals surface area contributed by atoms with Crippen LogP contribution in [0.1, 0.15) is 5.56 Å². The molecule has 0 saturated heterocycles. The number of alkyl halides is 1. The van der Waals surface area contributed by atoms with E-state index >= 15 is 0 Å². The highest BCUT2D eigenvalue weighted by Gasteiger charge is 2.21. The van der Waals surface area contributed by atoms with E-state index in [0.717, 1.165) is 6.20 Å². The third-order valence-corrected chi connectivity index (χ3v) is 3.51. The zero-order valence-corrected chi connectivity index (χ0v) is 15.0. The second kappa shape index (κ2) is 10.6. The first-order valence-electron chi connectivity index (χ1n) is 7.71. The lowest BCUT2D eigenvalue weighted by molar-refractivity contribution is -0.123. The van der Waals surface area contributed by atoms with Gasteiger partial charge in [-0.2, -0.15) is 0 Å². The number of methoxy groups -OCH3 is 2. The smallest absolute Gasteiger partial charge is 0.256 e. The van der Waals surface area contributed by atoms with Crippen molar-refractivity contribution < 1.29 is 36.6 Å². The van der Waals surface area contributed by atoms with Crippen molar-refractivity contribution in [3.8, 4) is 0 Å². The first-order valence-corrected chi connectivity index (χ1v) is 7.71. The normalized spacial score (nSPS) is 11.6. The van der Waals surface area contributed by atoms with Crippen molar-refractivity contribution in [1.82, 2.24) is 10.2 Å². The van der Waals surface area contributed by atoms with Crippen LogP contribution in [0.3, 0.4) is 0 Å². The van der Waals surface area contributed by atoms with Gasteiger partial charge in [-0.25, -0.2) is 17.6 Å². The Labute approximate surface area is 153 Å². The van der Waals surface area contributed by atoms with Gasteiger partial charge in [0.1, 0.15) is 23.0 Å². The molecule has 1 rings (SSSR count). The average molecular weight is 392 g/mol. The van der Waals surface area contributed by atoms with E-state index in [9.17, 15) is 27.2 Å². The van der Waals surface area contributed by atoms with Gasteiger partial charge < -0.3 is 19.7 Å². The van der Waals surface area contributed by atoms with Crippen LogP contribution in [0, 0.1) is 17.5 Å². The van der Waals surface area contributed by atoms with Crippen molar-refractivity contribution in [3.63, 3.8) is 0 Å². The summed E-state index contributed by atoms with van der Waals surface area (Å²) in [7, 11) is 4.26. The molecule has 6 nitrogen and oxygen atoms in total. The number of Topliss-reactive ketones (excluding diaryl/α,β-unsaturated/α-hetero) is 1. The number of nitrogens with one attached hydrogen (secondary N) is 1. The first kappa shape index (κ1) is 22.6. The number of carbonyl (C=O) groups is 2. The minimum atomic E-state index is -1.44. The molecule has 27 heavy (non-hydrogen) atoms. The summed E-state index contributed by atoms with van der Waals surface area (Å²) in [5.41, 5.74) is -1.15. The van der Waals surface area contributed by atoms with E-state index in [1.165, 1.54) is 26.2 Å². The summed E-state index contributed by atoms with van der Waals surface area (Å²) < 4.78 is 62.9. The van der Waals surface area contributed by atoms with Gasteiger partial charge in [-0.05, 0) is 0 Å². The third-order valence-electron chi connectivity index (χ3n) is 3.51. The summed E-state index contributed by atoms with van der Waals surface area (Å²) in [5, 5.41) is 2.12. The number of hydrogen-bond acceptors (Lipinski definition) is 5. The van der Waals surface area contributed by atoms with Crippen molar-refractivity contribution in [2.45, 2.75) is 12.8 Å². The third kappa shape index (κ3) is 6.65. The Hall–Kier alpha value is -2.46. The second-order valence-corrected chi connectivity index (χ2v) is 5.47. The molecule has 0 heterocycles. The van der Waals surface area contributed by atoms with E-state index in [2.05, 4.69) is 5.32 Å². The van der Waals surface area contributed by atoms with Gasteiger partial charge in [0, 0.05) is 51.7 Å². The number of benzene rings is 1. The van der Waals surface area contributed by atoms with Gasteiger partial charge in [0.15, 0.2) is 13.0 Å². The van der Waals surface area contributed by atoms with E-state index in [0.29, 0.717) is 12.1 Å². The number of likely N-dealkylation sites (N-methyl/N-ethyl adjacent to an activating group) is 1. The predicted octanol–water partition coefficient (Wildman–Crippen LogP) is 1.69. The lowest BCUT2D eigenvalue weighted by Gasteiger charge is -2.21. The molecule has 0 fully saturated rings. The fourth-order valence-electron chi connectivity index (χ4n) is 2.09. The van der Waals surface area contributed by atoms with Gasteiger partial charge in [0.05, 0.1) is 6.54 Å². The lowest BCUT2D eigenvalue weighted by atomic mass is 10.1.